The highest BCUT2D eigenvalue weighted by atomic mass is 127. The number of guanidine groups is 1. The minimum absolute atomic E-state index is 0. The molecular weight excluding hydrogens is 511 g/mol. The maximum atomic E-state index is 5.95. The molecule has 0 radical (unpaired) electrons. The molecule has 3 aromatic heterocycles. The Hall–Kier alpha value is -2.48. The van der Waals surface area contributed by atoms with Crippen molar-refractivity contribution in [2.24, 2.45) is 19.1 Å². The first-order chi connectivity index (χ1) is 14.7. The van der Waals surface area contributed by atoms with Gasteiger partial charge in [-0.25, -0.2) is 9.97 Å². The number of halogens is 1. The van der Waals surface area contributed by atoms with E-state index in [1.165, 1.54) is 0 Å². The summed E-state index contributed by atoms with van der Waals surface area (Å²) in [5.74, 6) is 1.67. The molecule has 12 heteroatoms. The maximum absolute atomic E-state index is 5.95. The van der Waals surface area contributed by atoms with Crippen molar-refractivity contribution >= 4 is 46.8 Å². The van der Waals surface area contributed by atoms with Gasteiger partial charge in [-0.1, -0.05) is 0 Å². The minimum atomic E-state index is -0.00526. The number of aliphatic imine (C=N–C) groups is 1. The van der Waals surface area contributed by atoms with Crippen molar-refractivity contribution in [3.8, 4) is 0 Å². The van der Waals surface area contributed by atoms with E-state index >= 15 is 0 Å². The van der Waals surface area contributed by atoms with E-state index in [1.807, 2.05) is 26.5 Å². The molecule has 0 bridgehead atoms. The summed E-state index contributed by atoms with van der Waals surface area (Å²) >= 11 is 0. The second-order valence-corrected chi connectivity index (χ2v) is 7.14. The van der Waals surface area contributed by atoms with Crippen LogP contribution in [0, 0.1) is 0 Å². The molecule has 1 fully saturated rings. The van der Waals surface area contributed by atoms with Crippen LogP contribution in [-0.4, -0.2) is 79.7 Å². The van der Waals surface area contributed by atoms with Crippen LogP contribution >= 0.6 is 24.0 Å². The molecule has 1 aliphatic heterocycles. The summed E-state index contributed by atoms with van der Waals surface area (Å²) in [6, 6.07) is 0. The van der Waals surface area contributed by atoms with Gasteiger partial charge in [0.15, 0.2) is 11.6 Å². The number of anilines is 1. The van der Waals surface area contributed by atoms with Crippen LogP contribution < -0.4 is 10.6 Å². The molecule has 0 saturated carbocycles. The average molecular weight is 540 g/mol. The van der Waals surface area contributed by atoms with Gasteiger partial charge in [0, 0.05) is 45.5 Å². The van der Waals surface area contributed by atoms with Gasteiger partial charge in [0.05, 0.1) is 37.5 Å². The lowest BCUT2D eigenvalue weighted by Crippen LogP contribution is -2.48. The molecule has 168 valence electrons. The largest absolute Gasteiger partial charge is 0.370 e. The van der Waals surface area contributed by atoms with Crippen molar-refractivity contribution in [1.82, 2.24) is 39.7 Å². The number of aromatic nitrogens is 6. The Morgan fingerprint density at radius 3 is 2.90 bits per heavy atom. The number of hydrogen-bond acceptors (Lipinski definition) is 7. The summed E-state index contributed by atoms with van der Waals surface area (Å²) in [5, 5.41) is 16.1. The first kappa shape index (κ1) is 23.2. The number of morpholine rings is 1. The van der Waals surface area contributed by atoms with E-state index in [0.717, 1.165) is 48.0 Å². The SMILES string of the molecule is CCNC(=NCCNc1ncnc2c1cnn2C)N1CCOC(c2cnn(C)c2)C1.I. The van der Waals surface area contributed by atoms with Crippen molar-refractivity contribution in [2.45, 2.75) is 13.0 Å². The summed E-state index contributed by atoms with van der Waals surface area (Å²) in [6.45, 7) is 6.36. The van der Waals surface area contributed by atoms with Gasteiger partial charge < -0.3 is 20.3 Å². The molecule has 0 aliphatic carbocycles. The van der Waals surface area contributed by atoms with Crippen molar-refractivity contribution in [2.75, 3.05) is 44.6 Å². The van der Waals surface area contributed by atoms with Crippen LogP contribution in [0.4, 0.5) is 5.82 Å². The highest BCUT2D eigenvalue weighted by molar-refractivity contribution is 14.0. The molecule has 4 heterocycles. The lowest BCUT2D eigenvalue weighted by Gasteiger charge is -2.34. The molecule has 11 nitrogen and oxygen atoms in total. The molecule has 1 aliphatic rings. The normalized spacial score (nSPS) is 16.9. The van der Waals surface area contributed by atoms with Crippen LogP contribution in [0.3, 0.4) is 0 Å². The second kappa shape index (κ2) is 10.7. The standard InChI is InChI=1S/C19H28N10O.HI/c1-4-20-19(29-7-8-30-16(12-29)14-9-25-27(2)11-14)22-6-5-21-17-15-10-26-28(3)18(15)24-13-23-17;/h9-11,13,16H,4-8,12H2,1-3H3,(H,20,22)(H,21,23,24);1H. The number of ether oxygens (including phenoxy) is 1. The van der Waals surface area contributed by atoms with Crippen LogP contribution in [0.5, 0.6) is 0 Å². The van der Waals surface area contributed by atoms with Crippen LogP contribution in [0.2, 0.25) is 0 Å². The molecule has 4 rings (SSSR count). The molecule has 2 N–H and O–H groups in total. The quantitative estimate of drug-likeness (QED) is 0.208. The van der Waals surface area contributed by atoms with Crippen molar-refractivity contribution < 1.29 is 4.74 Å². The van der Waals surface area contributed by atoms with Gasteiger partial charge in [-0.3, -0.25) is 14.4 Å². The summed E-state index contributed by atoms with van der Waals surface area (Å²) in [4.78, 5) is 15.6. The second-order valence-electron chi connectivity index (χ2n) is 7.14. The molecule has 0 spiro atoms. The van der Waals surface area contributed by atoms with E-state index in [1.54, 1.807) is 21.9 Å². The Kier molecular flexibility index (Phi) is 8.01. The van der Waals surface area contributed by atoms with E-state index in [2.05, 4.69) is 42.6 Å². The average Bonchev–Trinajstić information content (AvgIpc) is 3.37. The Morgan fingerprint density at radius 2 is 2.13 bits per heavy atom. The molecular formula is C19H29IN10O. The third kappa shape index (κ3) is 5.42. The monoisotopic (exact) mass is 540 g/mol. The third-order valence-electron chi connectivity index (χ3n) is 4.99. The van der Waals surface area contributed by atoms with Crippen molar-refractivity contribution in [3.05, 3.63) is 30.5 Å². The number of fused-ring (bicyclic) bond motifs is 1. The van der Waals surface area contributed by atoms with Gasteiger partial charge in [-0.15, -0.1) is 24.0 Å². The highest BCUT2D eigenvalue weighted by Gasteiger charge is 2.25. The number of nitrogens with one attached hydrogen (secondary N) is 2. The molecule has 1 unspecified atom stereocenters. The maximum Gasteiger partial charge on any atom is 0.194 e. The fourth-order valence-electron chi connectivity index (χ4n) is 3.51. The molecule has 1 atom stereocenters. The molecule has 31 heavy (non-hydrogen) atoms. The Bertz CT molecular complexity index is 1020. The number of aryl methyl sites for hydroxylation is 2. The molecule has 0 amide bonds. The smallest absolute Gasteiger partial charge is 0.194 e. The van der Waals surface area contributed by atoms with Gasteiger partial charge in [0.2, 0.25) is 0 Å². The first-order valence-electron chi connectivity index (χ1n) is 10.2. The van der Waals surface area contributed by atoms with E-state index < -0.39 is 0 Å². The minimum Gasteiger partial charge on any atom is -0.370 e. The highest BCUT2D eigenvalue weighted by Crippen LogP contribution is 2.21. The van der Waals surface area contributed by atoms with Crippen LogP contribution in [0.1, 0.15) is 18.6 Å². The lowest BCUT2D eigenvalue weighted by molar-refractivity contribution is -0.00803. The predicted octanol–water partition coefficient (Wildman–Crippen LogP) is 1.17. The number of nitrogens with zero attached hydrogens (tertiary/aromatic N) is 8. The third-order valence-corrected chi connectivity index (χ3v) is 4.99. The summed E-state index contributed by atoms with van der Waals surface area (Å²) in [6.07, 6.45) is 7.18. The van der Waals surface area contributed by atoms with E-state index in [-0.39, 0.29) is 30.1 Å². The van der Waals surface area contributed by atoms with Gasteiger partial charge >= 0.3 is 0 Å². The summed E-state index contributed by atoms with van der Waals surface area (Å²) < 4.78 is 9.49. The van der Waals surface area contributed by atoms with Crippen LogP contribution in [0.25, 0.3) is 11.0 Å². The fourth-order valence-corrected chi connectivity index (χ4v) is 3.51. The lowest BCUT2D eigenvalue weighted by atomic mass is 10.1. The van der Waals surface area contributed by atoms with Gasteiger partial charge in [-0.2, -0.15) is 10.2 Å². The Labute approximate surface area is 198 Å². The Morgan fingerprint density at radius 1 is 1.26 bits per heavy atom. The van der Waals surface area contributed by atoms with Gasteiger partial charge in [0.1, 0.15) is 18.2 Å². The zero-order chi connectivity index (χ0) is 20.9. The molecule has 3 aromatic rings. The first-order valence-corrected chi connectivity index (χ1v) is 10.2. The van der Waals surface area contributed by atoms with Crippen LogP contribution in [0.15, 0.2) is 29.9 Å². The number of rotatable bonds is 6. The van der Waals surface area contributed by atoms with Crippen molar-refractivity contribution in [1.29, 1.82) is 0 Å². The fraction of sp³-hybridized carbons (Fsp3) is 0.526. The Balaban J connectivity index is 0.00000272. The van der Waals surface area contributed by atoms with E-state index in [4.69, 9.17) is 9.73 Å². The molecule has 1 saturated heterocycles. The number of hydrogen-bond donors (Lipinski definition) is 2. The van der Waals surface area contributed by atoms with Crippen molar-refractivity contribution in [3.63, 3.8) is 0 Å². The summed E-state index contributed by atoms with van der Waals surface area (Å²) in [7, 11) is 3.78. The van der Waals surface area contributed by atoms with Crippen LogP contribution in [-0.2, 0) is 18.8 Å². The van der Waals surface area contributed by atoms with E-state index in [9.17, 15) is 0 Å². The predicted molar refractivity (Wildman–Crippen MR) is 130 cm³/mol. The topological polar surface area (TPSA) is 110 Å². The van der Waals surface area contributed by atoms with Gasteiger partial charge in [0.25, 0.3) is 0 Å². The summed E-state index contributed by atoms with van der Waals surface area (Å²) in [5.41, 5.74) is 1.89. The van der Waals surface area contributed by atoms with E-state index in [0.29, 0.717) is 19.7 Å². The zero-order valence-electron chi connectivity index (χ0n) is 18.0. The molecule has 0 aromatic carbocycles. The zero-order valence-corrected chi connectivity index (χ0v) is 20.4. The van der Waals surface area contributed by atoms with Gasteiger partial charge in [-0.05, 0) is 6.92 Å².